The Balaban J connectivity index is 5.23. The van der Waals surface area contributed by atoms with Crippen molar-refractivity contribution >= 4 is 39.5 Å². The monoisotopic (exact) mass is 1370 g/mol. The van der Waals surface area contributed by atoms with Crippen molar-refractivity contribution in [1.82, 2.24) is 0 Å². The van der Waals surface area contributed by atoms with E-state index in [1.54, 1.807) is 0 Å². The largest absolute Gasteiger partial charge is 0.472 e. The van der Waals surface area contributed by atoms with Gasteiger partial charge in [-0.05, 0) is 31.6 Å². The minimum absolute atomic E-state index is 0.105. The number of phosphoric ester groups is 2. The smallest absolute Gasteiger partial charge is 0.462 e. The van der Waals surface area contributed by atoms with Gasteiger partial charge in [0, 0.05) is 25.7 Å². The first kappa shape index (κ1) is 91.1. The first-order chi connectivity index (χ1) is 45.0. The molecule has 0 saturated heterocycles. The molecule has 552 valence electrons. The van der Waals surface area contributed by atoms with Crippen molar-refractivity contribution < 1.29 is 80.2 Å². The fraction of sp³-hybridized carbons (Fsp3) is 0.946. The van der Waals surface area contributed by atoms with Gasteiger partial charge in [-0.15, -0.1) is 0 Å². The highest BCUT2D eigenvalue weighted by atomic mass is 31.2. The predicted octanol–water partition coefficient (Wildman–Crippen LogP) is 21.7. The molecule has 0 aromatic heterocycles. The molecule has 0 heterocycles. The Kier molecular flexibility index (Phi) is 65.9. The van der Waals surface area contributed by atoms with E-state index in [0.29, 0.717) is 25.7 Å². The zero-order valence-electron chi connectivity index (χ0n) is 60.4. The average Bonchev–Trinajstić information content (AvgIpc) is 1.67. The van der Waals surface area contributed by atoms with E-state index in [1.807, 2.05) is 0 Å². The Morgan fingerprint density at radius 1 is 0.290 bits per heavy atom. The van der Waals surface area contributed by atoms with Crippen LogP contribution in [0.4, 0.5) is 0 Å². The van der Waals surface area contributed by atoms with Crippen LogP contribution >= 0.6 is 15.6 Å². The summed E-state index contributed by atoms with van der Waals surface area (Å²) in [5.74, 6) is -1.40. The van der Waals surface area contributed by atoms with Gasteiger partial charge in [0.05, 0.1) is 26.4 Å². The van der Waals surface area contributed by atoms with Crippen LogP contribution in [-0.4, -0.2) is 96.7 Å². The number of carbonyl (C=O) groups is 4. The number of unbranched alkanes of at least 4 members (excludes halogenated alkanes) is 46. The minimum atomic E-state index is -4.95. The summed E-state index contributed by atoms with van der Waals surface area (Å²) < 4.78 is 68.4. The molecule has 0 fully saturated rings. The summed E-state index contributed by atoms with van der Waals surface area (Å²) in [6, 6.07) is 0. The third kappa shape index (κ3) is 68.4. The molecule has 0 aliphatic carbocycles. The summed E-state index contributed by atoms with van der Waals surface area (Å²) in [6.07, 6.45) is 55.5. The molecule has 0 aliphatic rings. The van der Waals surface area contributed by atoms with E-state index >= 15 is 0 Å². The van der Waals surface area contributed by atoms with Crippen LogP contribution < -0.4 is 0 Å². The quantitative estimate of drug-likeness (QED) is 0.0222. The van der Waals surface area contributed by atoms with Gasteiger partial charge in [0.2, 0.25) is 0 Å². The van der Waals surface area contributed by atoms with Crippen molar-refractivity contribution in [3.8, 4) is 0 Å². The topological polar surface area (TPSA) is 237 Å². The molecular weight excluding hydrogens is 1220 g/mol. The SMILES string of the molecule is CCCCCCCCCCCCCCCCCCC(=O)OC[C@H](COP(=O)(O)OC[C@@H](O)COP(=O)(O)OC[C@@H](COC(=O)CCCCCCCCCCCC)OC(=O)CCCCCCCCCCC(C)C)OC(=O)CCCCCCCCCCCCCCCCCC. The lowest BCUT2D eigenvalue weighted by atomic mass is 10.0. The van der Waals surface area contributed by atoms with Crippen molar-refractivity contribution in [2.75, 3.05) is 39.6 Å². The van der Waals surface area contributed by atoms with Crippen LogP contribution in [-0.2, 0) is 65.4 Å². The van der Waals surface area contributed by atoms with Gasteiger partial charge < -0.3 is 33.8 Å². The summed E-state index contributed by atoms with van der Waals surface area (Å²) >= 11 is 0. The Bertz CT molecular complexity index is 1790. The van der Waals surface area contributed by atoms with Crippen molar-refractivity contribution in [3.63, 3.8) is 0 Å². The highest BCUT2D eigenvalue weighted by Crippen LogP contribution is 2.45. The lowest BCUT2D eigenvalue weighted by Crippen LogP contribution is -2.30. The Morgan fingerprint density at radius 2 is 0.495 bits per heavy atom. The van der Waals surface area contributed by atoms with E-state index in [2.05, 4.69) is 34.6 Å². The third-order valence-corrected chi connectivity index (χ3v) is 19.2. The molecule has 0 radical (unpaired) electrons. The number of ether oxygens (including phenoxy) is 4. The van der Waals surface area contributed by atoms with Crippen molar-refractivity contribution in [2.24, 2.45) is 5.92 Å². The molecule has 93 heavy (non-hydrogen) atoms. The molecule has 0 aromatic carbocycles. The number of aliphatic hydroxyl groups is 1. The Labute approximate surface area is 568 Å². The first-order valence-electron chi connectivity index (χ1n) is 38.6. The highest BCUT2D eigenvalue weighted by Gasteiger charge is 2.30. The maximum Gasteiger partial charge on any atom is 0.472 e. The fourth-order valence-corrected chi connectivity index (χ4v) is 12.9. The second-order valence-electron chi connectivity index (χ2n) is 27.2. The number of phosphoric acid groups is 2. The third-order valence-electron chi connectivity index (χ3n) is 17.3. The molecule has 0 rings (SSSR count). The van der Waals surface area contributed by atoms with E-state index < -0.39 is 97.5 Å². The Hall–Kier alpha value is -1.94. The molecule has 0 bridgehead atoms. The van der Waals surface area contributed by atoms with Crippen LogP contribution in [0.3, 0.4) is 0 Å². The first-order valence-corrected chi connectivity index (χ1v) is 41.6. The van der Waals surface area contributed by atoms with Crippen LogP contribution in [0.5, 0.6) is 0 Å². The number of hydrogen-bond donors (Lipinski definition) is 3. The second kappa shape index (κ2) is 67.3. The number of rotatable bonds is 74. The average molecular weight is 1370 g/mol. The summed E-state index contributed by atoms with van der Waals surface area (Å²) in [6.45, 7) is 7.24. The van der Waals surface area contributed by atoms with E-state index in [1.165, 1.54) is 212 Å². The van der Waals surface area contributed by atoms with Crippen molar-refractivity contribution in [1.29, 1.82) is 0 Å². The zero-order valence-corrected chi connectivity index (χ0v) is 62.2. The molecule has 5 atom stereocenters. The summed E-state index contributed by atoms with van der Waals surface area (Å²) in [5.41, 5.74) is 0. The molecule has 0 saturated carbocycles. The van der Waals surface area contributed by atoms with Gasteiger partial charge in [0.15, 0.2) is 12.2 Å². The predicted molar refractivity (Wildman–Crippen MR) is 377 cm³/mol. The molecule has 0 aromatic rings. The van der Waals surface area contributed by atoms with Gasteiger partial charge in [0.1, 0.15) is 19.3 Å². The molecule has 0 amide bonds. The van der Waals surface area contributed by atoms with Gasteiger partial charge in [-0.1, -0.05) is 336 Å². The van der Waals surface area contributed by atoms with Gasteiger partial charge in [0.25, 0.3) is 0 Å². The fourth-order valence-electron chi connectivity index (χ4n) is 11.4. The van der Waals surface area contributed by atoms with Crippen LogP contribution in [0.2, 0.25) is 0 Å². The summed E-state index contributed by atoms with van der Waals surface area (Å²) in [5, 5.41) is 10.6. The van der Waals surface area contributed by atoms with Crippen molar-refractivity contribution in [2.45, 2.75) is 406 Å². The van der Waals surface area contributed by atoms with Gasteiger partial charge >= 0.3 is 39.5 Å². The Morgan fingerprint density at radius 3 is 0.731 bits per heavy atom. The molecule has 19 heteroatoms. The molecule has 0 spiro atoms. The maximum atomic E-state index is 13.1. The van der Waals surface area contributed by atoms with Crippen LogP contribution in [0.15, 0.2) is 0 Å². The number of carbonyl (C=O) groups excluding carboxylic acids is 4. The lowest BCUT2D eigenvalue weighted by molar-refractivity contribution is -0.161. The molecular formula is C74H144O17P2. The van der Waals surface area contributed by atoms with E-state index in [0.717, 1.165) is 95.8 Å². The van der Waals surface area contributed by atoms with Crippen LogP contribution in [0, 0.1) is 5.92 Å². The van der Waals surface area contributed by atoms with Gasteiger partial charge in [-0.25, -0.2) is 9.13 Å². The lowest BCUT2D eigenvalue weighted by Gasteiger charge is -2.21. The normalized spacial score (nSPS) is 14.0. The number of aliphatic hydroxyl groups excluding tert-OH is 1. The van der Waals surface area contributed by atoms with Crippen LogP contribution in [0.1, 0.15) is 388 Å². The highest BCUT2D eigenvalue weighted by molar-refractivity contribution is 7.47. The molecule has 17 nitrogen and oxygen atoms in total. The maximum absolute atomic E-state index is 13.1. The summed E-state index contributed by atoms with van der Waals surface area (Å²) in [7, 11) is -9.90. The summed E-state index contributed by atoms with van der Waals surface area (Å²) in [4.78, 5) is 72.7. The number of hydrogen-bond acceptors (Lipinski definition) is 15. The second-order valence-corrected chi connectivity index (χ2v) is 30.1. The zero-order chi connectivity index (χ0) is 68.4. The number of esters is 4. The van der Waals surface area contributed by atoms with Gasteiger partial charge in [-0.3, -0.25) is 37.3 Å². The standard InChI is InChI=1S/C74H144O17P2/c1-6-9-12-15-18-21-24-26-28-30-32-34-37-43-48-53-58-72(77)85-63-69(90-73(78)59-54-49-44-38-35-33-31-29-27-25-22-19-16-13-10-7-2)65-88-92(80,81)86-61-68(75)62-87-93(82,83)89-66-70(64-84-71(76)57-52-47-42-36-23-20-17-14-11-8-3)91-74(79)60-55-50-45-40-39-41-46-51-56-67(4)5/h67-70,75H,6-66H2,1-5H3,(H,80,81)(H,82,83)/t68-,69-,70-/m1/s1. The minimum Gasteiger partial charge on any atom is -0.462 e. The van der Waals surface area contributed by atoms with Gasteiger partial charge in [-0.2, -0.15) is 0 Å². The van der Waals surface area contributed by atoms with Crippen LogP contribution in [0.25, 0.3) is 0 Å². The molecule has 2 unspecified atom stereocenters. The molecule has 0 aliphatic heterocycles. The van der Waals surface area contributed by atoms with E-state index in [9.17, 15) is 43.2 Å². The van der Waals surface area contributed by atoms with Crippen molar-refractivity contribution in [3.05, 3.63) is 0 Å². The van der Waals surface area contributed by atoms with E-state index in [4.69, 9.17) is 37.0 Å². The van der Waals surface area contributed by atoms with E-state index in [-0.39, 0.29) is 25.7 Å². The molecule has 3 N–H and O–H groups in total.